The number of carbonyl (C=O) groups is 1. The first-order valence-corrected chi connectivity index (χ1v) is 7.39. The number of fused-ring (bicyclic) bond motifs is 1. The number of halogens is 1. The zero-order valence-electron chi connectivity index (χ0n) is 12.9. The fourth-order valence-electron chi connectivity index (χ4n) is 2.03. The van der Waals surface area contributed by atoms with Crippen LogP contribution in [0.1, 0.15) is 23.7 Å². The number of benzene rings is 1. The lowest BCUT2D eigenvalue weighted by atomic mass is 10.1. The molecule has 0 spiro atoms. The number of anilines is 1. The van der Waals surface area contributed by atoms with Gasteiger partial charge in [0, 0.05) is 30.3 Å². The number of hydrogen-bond donors (Lipinski definition) is 2. The third kappa shape index (κ3) is 4.53. The molecule has 7 heteroatoms. The SMILES string of the molecule is CCCOCCNC(=O)c1cc2ccc(NCF)cc2oc1=O. The second-order valence-electron chi connectivity index (χ2n) is 4.88. The molecule has 0 bridgehead atoms. The minimum atomic E-state index is -0.734. The van der Waals surface area contributed by atoms with Crippen molar-refractivity contribution >= 4 is 22.6 Å². The topological polar surface area (TPSA) is 80.6 Å². The molecule has 0 saturated heterocycles. The Kier molecular flexibility index (Phi) is 6.10. The molecule has 1 amide bonds. The van der Waals surface area contributed by atoms with Crippen LogP contribution < -0.4 is 16.3 Å². The summed E-state index contributed by atoms with van der Waals surface area (Å²) >= 11 is 0. The zero-order valence-corrected chi connectivity index (χ0v) is 12.9. The fourth-order valence-corrected chi connectivity index (χ4v) is 2.03. The van der Waals surface area contributed by atoms with Crippen molar-refractivity contribution in [3.63, 3.8) is 0 Å². The van der Waals surface area contributed by atoms with Gasteiger partial charge >= 0.3 is 5.63 Å². The largest absolute Gasteiger partial charge is 0.422 e. The third-order valence-electron chi connectivity index (χ3n) is 3.13. The van der Waals surface area contributed by atoms with Crippen LogP contribution in [-0.2, 0) is 4.74 Å². The molecule has 1 aromatic heterocycles. The van der Waals surface area contributed by atoms with Crippen molar-refractivity contribution in [2.75, 3.05) is 31.9 Å². The summed E-state index contributed by atoms with van der Waals surface area (Å²) < 4.78 is 22.6. The van der Waals surface area contributed by atoms with Crippen LogP contribution in [0.5, 0.6) is 0 Å². The summed E-state index contributed by atoms with van der Waals surface area (Å²) in [6.07, 6.45) is 0.904. The van der Waals surface area contributed by atoms with Crippen LogP contribution in [0.3, 0.4) is 0 Å². The Bertz CT molecular complexity index is 730. The molecule has 124 valence electrons. The van der Waals surface area contributed by atoms with Gasteiger partial charge in [-0.05, 0) is 24.6 Å². The van der Waals surface area contributed by atoms with Crippen molar-refractivity contribution in [2.45, 2.75) is 13.3 Å². The number of ether oxygens (including phenoxy) is 1. The minimum absolute atomic E-state index is 0.0702. The van der Waals surface area contributed by atoms with Gasteiger partial charge in [-0.15, -0.1) is 0 Å². The second kappa shape index (κ2) is 8.28. The van der Waals surface area contributed by atoms with Crippen molar-refractivity contribution < 1.29 is 18.3 Å². The summed E-state index contributed by atoms with van der Waals surface area (Å²) in [5.41, 5.74) is -0.0224. The molecule has 2 rings (SSSR count). The van der Waals surface area contributed by atoms with Gasteiger partial charge in [0.2, 0.25) is 0 Å². The van der Waals surface area contributed by atoms with E-state index in [-0.39, 0.29) is 11.1 Å². The number of carbonyl (C=O) groups excluding carboxylic acids is 1. The van der Waals surface area contributed by atoms with Crippen molar-refractivity contribution in [1.29, 1.82) is 0 Å². The van der Waals surface area contributed by atoms with Crippen LogP contribution in [-0.4, -0.2) is 32.5 Å². The van der Waals surface area contributed by atoms with E-state index in [4.69, 9.17) is 9.15 Å². The molecule has 0 atom stereocenters. The Labute approximate surface area is 132 Å². The molecule has 0 saturated carbocycles. The Morgan fingerprint density at radius 3 is 2.87 bits per heavy atom. The molecule has 2 aromatic rings. The molecule has 0 fully saturated rings. The van der Waals surface area contributed by atoms with Gasteiger partial charge in [-0.25, -0.2) is 9.18 Å². The molecule has 1 heterocycles. The summed E-state index contributed by atoms with van der Waals surface area (Å²) in [5.74, 6) is -0.508. The number of nitrogens with one attached hydrogen (secondary N) is 2. The lowest BCUT2D eigenvalue weighted by Gasteiger charge is -2.07. The predicted molar refractivity (Wildman–Crippen MR) is 85.5 cm³/mol. The highest BCUT2D eigenvalue weighted by atomic mass is 19.1. The van der Waals surface area contributed by atoms with Crippen LogP contribution in [0.2, 0.25) is 0 Å². The van der Waals surface area contributed by atoms with Gasteiger partial charge < -0.3 is 19.8 Å². The van der Waals surface area contributed by atoms with Gasteiger partial charge in [0.1, 0.15) is 11.1 Å². The molecule has 0 radical (unpaired) electrons. The van der Waals surface area contributed by atoms with Gasteiger partial charge in [-0.3, -0.25) is 4.79 Å². The lowest BCUT2D eigenvalue weighted by Crippen LogP contribution is -2.31. The van der Waals surface area contributed by atoms with E-state index >= 15 is 0 Å². The van der Waals surface area contributed by atoms with Crippen LogP contribution in [0.25, 0.3) is 11.0 Å². The fraction of sp³-hybridized carbons (Fsp3) is 0.375. The number of alkyl halides is 1. The van der Waals surface area contributed by atoms with Crippen LogP contribution in [0.4, 0.5) is 10.1 Å². The smallest absolute Gasteiger partial charge is 0.349 e. The highest BCUT2D eigenvalue weighted by molar-refractivity contribution is 5.96. The predicted octanol–water partition coefficient (Wildman–Crippen LogP) is 2.29. The number of rotatable bonds is 8. The first-order chi connectivity index (χ1) is 11.2. The van der Waals surface area contributed by atoms with E-state index in [2.05, 4.69) is 10.6 Å². The Balaban J connectivity index is 2.11. The van der Waals surface area contributed by atoms with Crippen molar-refractivity contribution in [1.82, 2.24) is 5.32 Å². The van der Waals surface area contributed by atoms with Crippen molar-refractivity contribution in [3.8, 4) is 0 Å². The maximum absolute atomic E-state index is 12.3. The molecule has 2 N–H and O–H groups in total. The molecule has 0 aliphatic heterocycles. The molecular formula is C16H19FN2O4. The van der Waals surface area contributed by atoms with E-state index in [1.165, 1.54) is 12.1 Å². The highest BCUT2D eigenvalue weighted by Gasteiger charge is 2.13. The first-order valence-electron chi connectivity index (χ1n) is 7.39. The first kappa shape index (κ1) is 17.0. The van der Waals surface area contributed by atoms with Gasteiger partial charge in [-0.2, -0.15) is 0 Å². The molecule has 6 nitrogen and oxygen atoms in total. The van der Waals surface area contributed by atoms with Gasteiger partial charge in [0.05, 0.1) is 6.61 Å². The summed E-state index contributed by atoms with van der Waals surface area (Å²) in [7, 11) is 0. The van der Waals surface area contributed by atoms with E-state index in [0.29, 0.717) is 30.8 Å². The van der Waals surface area contributed by atoms with Crippen LogP contribution in [0, 0.1) is 0 Å². The maximum Gasteiger partial charge on any atom is 0.349 e. The molecule has 0 aliphatic carbocycles. The monoisotopic (exact) mass is 322 g/mol. The highest BCUT2D eigenvalue weighted by Crippen LogP contribution is 2.18. The van der Waals surface area contributed by atoms with Crippen molar-refractivity contribution in [2.24, 2.45) is 0 Å². The van der Waals surface area contributed by atoms with E-state index < -0.39 is 18.3 Å². The molecular weight excluding hydrogens is 303 g/mol. The minimum Gasteiger partial charge on any atom is -0.422 e. The standard InChI is InChI=1S/C16H19FN2O4/c1-2-6-22-7-5-18-15(20)13-8-11-3-4-12(19-10-17)9-14(11)23-16(13)21/h3-4,8-9,19H,2,5-7,10H2,1H3,(H,18,20). The normalized spacial score (nSPS) is 10.7. The third-order valence-corrected chi connectivity index (χ3v) is 3.13. The van der Waals surface area contributed by atoms with E-state index in [1.54, 1.807) is 12.1 Å². The van der Waals surface area contributed by atoms with Crippen LogP contribution in [0.15, 0.2) is 33.5 Å². The quantitative estimate of drug-likeness (QED) is 0.443. The Hall–Kier alpha value is -2.41. The molecule has 0 aliphatic rings. The number of hydrogen-bond acceptors (Lipinski definition) is 5. The summed E-state index contributed by atoms with van der Waals surface area (Å²) in [6, 6.07) is 6.26. The van der Waals surface area contributed by atoms with Gasteiger partial charge in [-0.1, -0.05) is 6.92 Å². The maximum atomic E-state index is 12.3. The van der Waals surface area contributed by atoms with E-state index in [9.17, 15) is 14.0 Å². The Morgan fingerprint density at radius 1 is 1.30 bits per heavy atom. The van der Waals surface area contributed by atoms with Gasteiger partial charge in [0.25, 0.3) is 5.91 Å². The Morgan fingerprint density at radius 2 is 2.13 bits per heavy atom. The molecule has 23 heavy (non-hydrogen) atoms. The molecule has 1 aromatic carbocycles. The van der Waals surface area contributed by atoms with Gasteiger partial charge in [0.15, 0.2) is 6.80 Å². The van der Waals surface area contributed by atoms with Crippen LogP contribution >= 0.6 is 0 Å². The average Bonchev–Trinajstić information content (AvgIpc) is 2.54. The van der Waals surface area contributed by atoms with E-state index in [0.717, 1.165) is 6.42 Å². The molecule has 0 unspecified atom stereocenters. The summed E-state index contributed by atoms with van der Waals surface area (Å²) in [6.45, 7) is 2.60. The average molecular weight is 322 g/mol. The lowest BCUT2D eigenvalue weighted by molar-refractivity contribution is 0.0912. The van der Waals surface area contributed by atoms with E-state index in [1.807, 2.05) is 6.92 Å². The number of amides is 1. The zero-order chi connectivity index (χ0) is 16.7. The summed E-state index contributed by atoms with van der Waals surface area (Å²) in [5, 5.41) is 5.67. The second-order valence-corrected chi connectivity index (χ2v) is 4.88. The van der Waals surface area contributed by atoms with Crippen molar-refractivity contribution in [3.05, 3.63) is 40.2 Å². The summed E-state index contributed by atoms with van der Waals surface area (Å²) in [4.78, 5) is 23.9.